The highest BCUT2D eigenvalue weighted by Gasteiger charge is 2.34. The van der Waals surface area contributed by atoms with Gasteiger partial charge in [-0.1, -0.05) is 32.0 Å². The Hall–Kier alpha value is -2.49. The predicted molar refractivity (Wildman–Crippen MR) is 93.9 cm³/mol. The second-order valence-corrected chi connectivity index (χ2v) is 6.93. The van der Waals surface area contributed by atoms with Crippen molar-refractivity contribution in [1.29, 1.82) is 0 Å². The number of nitrogens with one attached hydrogen (secondary N) is 1. The van der Waals surface area contributed by atoms with E-state index in [9.17, 15) is 4.79 Å². The Bertz CT molecular complexity index is 861. The first kappa shape index (κ1) is 15.1. The van der Waals surface area contributed by atoms with Crippen molar-refractivity contribution in [3.63, 3.8) is 0 Å². The number of furan rings is 1. The maximum Gasteiger partial charge on any atom is 0.290 e. The van der Waals surface area contributed by atoms with Crippen molar-refractivity contribution in [2.45, 2.75) is 32.7 Å². The van der Waals surface area contributed by atoms with Crippen LogP contribution in [0.3, 0.4) is 0 Å². The van der Waals surface area contributed by atoms with E-state index >= 15 is 0 Å². The lowest BCUT2D eigenvalue weighted by Gasteiger charge is -2.36. The summed E-state index contributed by atoms with van der Waals surface area (Å²) < 4.78 is 5.35. The standard InChI is InChI=1S/C20H22N2O2/c1-13(2)12-17-19-15(14-6-3-4-7-16(14)21-19)9-10-22(17)20(23)18-8-5-11-24-18/h3-8,11,13,17,21H,9-10,12H2,1-2H3/t17-/m1/s1. The summed E-state index contributed by atoms with van der Waals surface area (Å²) >= 11 is 0. The molecule has 0 saturated heterocycles. The van der Waals surface area contributed by atoms with E-state index in [4.69, 9.17) is 4.42 Å². The zero-order valence-corrected chi connectivity index (χ0v) is 14.1. The average molecular weight is 322 g/mol. The molecule has 3 aromatic rings. The molecule has 1 aliphatic heterocycles. The van der Waals surface area contributed by atoms with Gasteiger partial charge in [0.15, 0.2) is 5.76 Å². The molecule has 4 heteroatoms. The number of para-hydroxylation sites is 1. The highest BCUT2D eigenvalue weighted by molar-refractivity contribution is 5.92. The molecule has 0 unspecified atom stereocenters. The zero-order valence-electron chi connectivity index (χ0n) is 14.1. The highest BCUT2D eigenvalue weighted by atomic mass is 16.3. The lowest BCUT2D eigenvalue weighted by molar-refractivity contribution is 0.0599. The summed E-state index contributed by atoms with van der Waals surface area (Å²) in [6, 6.07) is 12.0. The van der Waals surface area contributed by atoms with Crippen molar-refractivity contribution in [2.75, 3.05) is 6.54 Å². The van der Waals surface area contributed by atoms with E-state index in [-0.39, 0.29) is 11.9 Å². The van der Waals surface area contributed by atoms with E-state index in [2.05, 4.69) is 37.0 Å². The Balaban J connectivity index is 1.78. The van der Waals surface area contributed by atoms with E-state index in [1.54, 1.807) is 18.4 Å². The maximum absolute atomic E-state index is 12.9. The van der Waals surface area contributed by atoms with Gasteiger partial charge in [-0.05, 0) is 42.5 Å². The van der Waals surface area contributed by atoms with E-state index in [0.29, 0.717) is 11.7 Å². The molecule has 1 amide bonds. The summed E-state index contributed by atoms with van der Waals surface area (Å²) in [5, 5.41) is 1.28. The number of aromatic nitrogens is 1. The van der Waals surface area contributed by atoms with Crippen molar-refractivity contribution in [3.8, 4) is 0 Å². The molecule has 4 rings (SSSR count). The van der Waals surface area contributed by atoms with Crippen molar-refractivity contribution >= 4 is 16.8 Å². The summed E-state index contributed by atoms with van der Waals surface area (Å²) in [6.45, 7) is 5.13. The smallest absolute Gasteiger partial charge is 0.290 e. The van der Waals surface area contributed by atoms with Gasteiger partial charge >= 0.3 is 0 Å². The number of hydrogen-bond donors (Lipinski definition) is 1. The minimum Gasteiger partial charge on any atom is -0.459 e. The molecular weight excluding hydrogens is 300 g/mol. The van der Waals surface area contributed by atoms with Crippen LogP contribution in [0.4, 0.5) is 0 Å². The number of aromatic amines is 1. The number of carbonyl (C=O) groups excluding carboxylic acids is 1. The molecule has 1 aliphatic rings. The van der Waals surface area contributed by atoms with Gasteiger partial charge in [-0.25, -0.2) is 0 Å². The molecule has 0 saturated carbocycles. The van der Waals surface area contributed by atoms with Gasteiger partial charge in [0.25, 0.3) is 5.91 Å². The second kappa shape index (κ2) is 5.86. The largest absolute Gasteiger partial charge is 0.459 e. The molecule has 1 atom stereocenters. The molecule has 124 valence electrons. The normalized spacial score (nSPS) is 17.5. The van der Waals surface area contributed by atoms with E-state index in [1.165, 1.54) is 16.6 Å². The summed E-state index contributed by atoms with van der Waals surface area (Å²) in [5.74, 6) is 0.900. The summed E-state index contributed by atoms with van der Waals surface area (Å²) in [5.41, 5.74) is 3.71. The van der Waals surface area contributed by atoms with Gasteiger partial charge < -0.3 is 14.3 Å². The first-order valence-corrected chi connectivity index (χ1v) is 8.59. The van der Waals surface area contributed by atoms with Crippen molar-refractivity contribution in [2.24, 2.45) is 5.92 Å². The van der Waals surface area contributed by atoms with Crippen molar-refractivity contribution in [3.05, 3.63) is 59.7 Å². The number of benzene rings is 1. The Labute approximate surface area is 141 Å². The van der Waals surface area contributed by atoms with Gasteiger partial charge in [0.1, 0.15) is 0 Å². The Morgan fingerprint density at radius 3 is 2.88 bits per heavy atom. The first-order chi connectivity index (χ1) is 11.6. The molecule has 0 spiro atoms. The third-order valence-electron chi connectivity index (χ3n) is 4.85. The molecule has 0 fully saturated rings. The lowest BCUT2D eigenvalue weighted by atomic mass is 9.91. The lowest BCUT2D eigenvalue weighted by Crippen LogP contribution is -2.40. The van der Waals surface area contributed by atoms with Gasteiger partial charge in [-0.3, -0.25) is 4.79 Å². The number of hydrogen-bond acceptors (Lipinski definition) is 2. The molecule has 4 nitrogen and oxygen atoms in total. The molecule has 1 aromatic carbocycles. The predicted octanol–water partition coefficient (Wildman–Crippen LogP) is 4.55. The SMILES string of the molecule is CC(C)C[C@@H]1c2[nH]c3ccccc3c2CCN1C(=O)c1ccco1. The van der Waals surface area contributed by atoms with Crippen LogP contribution in [0.1, 0.15) is 48.1 Å². The third-order valence-corrected chi connectivity index (χ3v) is 4.85. The van der Waals surface area contributed by atoms with Crippen LogP contribution in [0.25, 0.3) is 10.9 Å². The summed E-state index contributed by atoms with van der Waals surface area (Å²) in [4.78, 5) is 18.4. The third kappa shape index (κ3) is 2.42. The Morgan fingerprint density at radius 2 is 2.12 bits per heavy atom. The Morgan fingerprint density at radius 1 is 1.29 bits per heavy atom. The van der Waals surface area contributed by atoms with Gasteiger partial charge in [-0.2, -0.15) is 0 Å². The molecular formula is C20H22N2O2. The number of amides is 1. The van der Waals surface area contributed by atoms with Crippen LogP contribution in [-0.2, 0) is 6.42 Å². The Kier molecular flexibility index (Phi) is 3.68. The number of carbonyl (C=O) groups is 1. The zero-order chi connectivity index (χ0) is 16.7. The molecule has 0 radical (unpaired) electrons. The highest BCUT2D eigenvalue weighted by Crippen LogP contribution is 2.38. The number of H-pyrrole nitrogens is 1. The second-order valence-electron chi connectivity index (χ2n) is 6.93. The first-order valence-electron chi connectivity index (χ1n) is 8.59. The molecule has 0 aliphatic carbocycles. The monoisotopic (exact) mass is 322 g/mol. The fourth-order valence-corrected chi connectivity index (χ4v) is 3.80. The molecule has 0 bridgehead atoms. The van der Waals surface area contributed by atoms with Gasteiger partial charge in [0.05, 0.1) is 12.3 Å². The van der Waals surface area contributed by atoms with E-state index in [0.717, 1.165) is 24.9 Å². The van der Waals surface area contributed by atoms with Crippen LogP contribution < -0.4 is 0 Å². The van der Waals surface area contributed by atoms with Crippen LogP contribution in [0.5, 0.6) is 0 Å². The topological polar surface area (TPSA) is 49.2 Å². The van der Waals surface area contributed by atoms with Crippen LogP contribution in [0.15, 0.2) is 47.1 Å². The fourth-order valence-electron chi connectivity index (χ4n) is 3.80. The molecule has 1 N–H and O–H groups in total. The number of rotatable bonds is 3. The van der Waals surface area contributed by atoms with Gasteiger partial charge in [0, 0.05) is 23.1 Å². The maximum atomic E-state index is 12.9. The minimum absolute atomic E-state index is 0.0186. The molecule has 24 heavy (non-hydrogen) atoms. The van der Waals surface area contributed by atoms with E-state index in [1.807, 2.05) is 11.0 Å². The van der Waals surface area contributed by atoms with Crippen LogP contribution in [0, 0.1) is 5.92 Å². The van der Waals surface area contributed by atoms with Crippen molar-refractivity contribution in [1.82, 2.24) is 9.88 Å². The van der Waals surface area contributed by atoms with Crippen LogP contribution >= 0.6 is 0 Å². The molecule has 3 heterocycles. The van der Waals surface area contributed by atoms with Crippen LogP contribution in [-0.4, -0.2) is 22.3 Å². The fraction of sp³-hybridized carbons (Fsp3) is 0.350. The summed E-state index contributed by atoms with van der Waals surface area (Å²) in [6.07, 6.45) is 3.37. The number of fused-ring (bicyclic) bond motifs is 3. The van der Waals surface area contributed by atoms with Gasteiger partial charge in [-0.15, -0.1) is 0 Å². The number of nitrogens with zero attached hydrogens (tertiary/aromatic N) is 1. The molecule has 2 aromatic heterocycles. The average Bonchev–Trinajstić information content (AvgIpc) is 3.22. The van der Waals surface area contributed by atoms with Gasteiger partial charge in [0.2, 0.25) is 0 Å². The minimum atomic E-state index is -0.0186. The van der Waals surface area contributed by atoms with Crippen molar-refractivity contribution < 1.29 is 9.21 Å². The van der Waals surface area contributed by atoms with Crippen LogP contribution in [0.2, 0.25) is 0 Å². The van der Waals surface area contributed by atoms with E-state index < -0.39 is 0 Å². The summed E-state index contributed by atoms with van der Waals surface area (Å²) in [7, 11) is 0. The quantitative estimate of drug-likeness (QED) is 0.769.